The van der Waals surface area contributed by atoms with Crippen molar-refractivity contribution >= 4 is 11.6 Å². The average molecular weight is 270 g/mol. The molecule has 7 heteroatoms. The lowest BCUT2D eigenvalue weighted by Gasteiger charge is -2.00. The molecule has 0 atom stereocenters. The molecule has 1 aromatic heterocycles. The molecule has 0 unspecified atom stereocenters. The predicted molar refractivity (Wildman–Crippen MR) is 69.1 cm³/mol. The zero-order chi connectivity index (χ0) is 14.7. The van der Waals surface area contributed by atoms with E-state index in [-0.39, 0.29) is 17.9 Å². The lowest BCUT2D eigenvalue weighted by atomic mass is 10.1. The second-order valence-electron chi connectivity index (χ2n) is 4.10. The number of carbonyl (C=O) groups is 1. The number of aromatic nitrogens is 2. The second kappa shape index (κ2) is 5.32. The normalized spacial score (nSPS) is 10.0. The molecule has 1 aromatic carbocycles. The van der Waals surface area contributed by atoms with Crippen LogP contribution in [0.15, 0.2) is 30.3 Å². The Bertz CT molecular complexity index is 713. The smallest absolute Gasteiger partial charge is 0.358 e. The fourth-order valence-corrected chi connectivity index (χ4v) is 1.79. The van der Waals surface area contributed by atoms with E-state index < -0.39 is 10.7 Å². The number of hydrogen-bond donors (Lipinski definition) is 0. The molecule has 100 valence electrons. The summed E-state index contributed by atoms with van der Waals surface area (Å²) < 4.78 is 1.19. The number of nitrogens with zero attached hydrogens (tertiary/aromatic N) is 4. The van der Waals surface area contributed by atoms with E-state index in [0.717, 1.165) is 0 Å². The van der Waals surface area contributed by atoms with Gasteiger partial charge in [-0.25, -0.2) is 0 Å². The number of hydrogen-bond acceptors (Lipinski definition) is 5. The predicted octanol–water partition coefficient (Wildman–Crippen LogP) is 1.85. The van der Waals surface area contributed by atoms with E-state index in [0.29, 0.717) is 11.3 Å². The summed E-state index contributed by atoms with van der Waals surface area (Å²) >= 11 is 0. The first-order valence-electron chi connectivity index (χ1n) is 5.74. The van der Waals surface area contributed by atoms with E-state index in [2.05, 4.69) is 5.10 Å². The first-order valence-corrected chi connectivity index (χ1v) is 5.74. The lowest BCUT2D eigenvalue weighted by Crippen LogP contribution is -2.13. The minimum Gasteiger partial charge on any atom is -0.358 e. The van der Waals surface area contributed by atoms with Crippen molar-refractivity contribution in [1.29, 1.82) is 5.26 Å². The number of carbonyl (C=O) groups excluding carboxylic acids is 1. The molecule has 0 amide bonds. The molecule has 20 heavy (non-hydrogen) atoms. The van der Waals surface area contributed by atoms with E-state index in [1.54, 1.807) is 36.4 Å². The molecule has 0 aliphatic heterocycles. The molecule has 0 spiro atoms. The molecule has 0 bridgehead atoms. The van der Waals surface area contributed by atoms with Crippen molar-refractivity contribution < 1.29 is 9.72 Å². The van der Waals surface area contributed by atoms with Gasteiger partial charge in [0.2, 0.25) is 0 Å². The van der Waals surface area contributed by atoms with Gasteiger partial charge in [-0.15, -0.1) is 0 Å². The number of rotatable bonds is 4. The van der Waals surface area contributed by atoms with Crippen LogP contribution in [0.3, 0.4) is 0 Å². The highest BCUT2D eigenvalue weighted by Gasteiger charge is 2.26. The van der Waals surface area contributed by atoms with Crippen LogP contribution in [-0.2, 0) is 6.54 Å². The molecule has 0 aliphatic rings. The summed E-state index contributed by atoms with van der Waals surface area (Å²) in [5.74, 6) is -0.749. The number of Topliss-reactive ketones (excluding diaryl/α,β-unsaturated/α-hetero) is 1. The van der Waals surface area contributed by atoms with Crippen LogP contribution in [0, 0.1) is 28.4 Å². The highest BCUT2D eigenvalue weighted by atomic mass is 16.6. The van der Waals surface area contributed by atoms with Gasteiger partial charge in [-0.3, -0.25) is 4.79 Å². The van der Waals surface area contributed by atoms with Crippen molar-refractivity contribution in [2.75, 3.05) is 0 Å². The maximum Gasteiger partial charge on any atom is 0.408 e. The molecule has 0 fully saturated rings. The van der Waals surface area contributed by atoms with E-state index in [4.69, 9.17) is 5.26 Å². The molecule has 0 aliphatic carbocycles. The van der Waals surface area contributed by atoms with E-state index in [9.17, 15) is 14.9 Å². The number of ketones is 1. The van der Waals surface area contributed by atoms with E-state index in [1.165, 1.54) is 11.6 Å². The number of nitriles is 1. The van der Waals surface area contributed by atoms with Gasteiger partial charge in [0.05, 0.1) is 10.8 Å². The Hall–Kier alpha value is -3.01. The van der Waals surface area contributed by atoms with Crippen LogP contribution in [0.5, 0.6) is 0 Å². The molecule has 0 saturated heterocycles. The first-order chi connectivity index (χ1) is 9.54. The van der Waals surface area contributed by atoms with Crippen molar-refractivity contribution in [3.8, 4) is 6.07 Å². The summed E-state index contributed by atoms with van der Waals surface area (Å²) in [6, 6.07) is 10.3. The molecule has 0 saturated carbocycles. The van der Waals surface area contributed by atoms with Gasteiger partial charge in [0, 0.05) is 5.56 Å². The third kappa shape index (κ3) is 2.40. The zero-order valence-electron chi connectivity index (χ0n) is 10.6. The number of nitro groups is 1. The van der Waals surface area contributed by atoms with Gasteiger partial charge in [-0.05, 0) is 11.8 Å². The van der Waals surface area contributed by atoms with Crippen LogP contribution in [0.1, 0.15) is 21.6 Å². The van der Waals surface area contributed by atoms with Crippen molar-refractivity contribution in [2.45, 2.75) is 13.5 Å². The fourth-order valence-electron chi connectivity index (χ4n) is 1.79. The molecule has 2 rings (SSSR count). The Morgan fingerprint density at radius 1 is 1.45 bits per heavy atom. The van der Waals surface area contributed by atoms with Gasteiger partial charge in [0.1, 0.15) is 12.6 Å². The average Bonchev–Trinajstić information content (AvgIpc) is 2.76. The van der Waals surface area contributed by atoms with Gasteiger partial charge in [0.15, 0.2) is 11.3 Å². The van der Waals surface area contributed by atoms with Gasteiger partial charge in [-0.1, -0.05) is 30.3 Å². The Kier molecular flexibility index (Phi) is 3.57. The largest absolute Gasteiger partial charge is 0.408 e. The molecule has 2 aromatic rings. The van der Waals surface area contributed by atoms with E-state index in [1.807, 2.05) is 0 Å². The van der Waals surface area contributed by atoms with Gasteiger partial charge < -0.3 is 10.1 Å². The molecule has 7 nitrogen and oxygen atoms in total. The molecule has 0 N–H and O–H groups in total. The monoisotopic (exact) mass is 270 g/mol. The Balaban J connectivity index is 2.34. The zero-order valence-corrected chi connectivity index (χ0v) is 10.6. The summed E-state index contributed by atoms with van der Waals surface area (Å²) in [5, 5.41) is 23.4. The second-order valence-corrected chi connectivity index (χ2v) is 4.10. The highest BCUT2D eigenvalue weighted by Crippen LogP contribution is 2.20. The summed E-state index contributed by atoms with van der Waals surface area (Å²) in [4.78, 5) is 22.1. The Morgan fingerprint density at radius 2 is 2.10 bits per heavy atom. The topological polar surface area (TPSA) is 102 Å². The fraction of sp³-hybridized carbons (Fsp3) is 0.154. The minimum atomic E-state index is -0.727. The van der Waals surface area contributed by atoms with Gasteiger partial charge in [0.25, 0.3) is 0 Å². The van der Waals surface area contributed by atoms with Crippen molar-refractivity contribution in [1.82, 2.24) is 9.78 Å². The molecule has 1 heterocycles. The third-order valence-electron chi connectivity index (χ3n) is 2.86. The molecular formula is C13H10N4O3. The van der Waals surface area contributed by atoms with Crippen LogP contribution in [-0.4, -0.2) is 20.5 Å². The van der Waals surface area contributed by atoms with Crippen LogP contribution in [0.4, 0.5) is 5.82 Å². The SMILES string of the molecule is Cc1c(C#N)c([N+](=O)[O-])nn1CC(=O)c1ccccc1. The summed E-state index contributed by atoms with van der Waals surface area (Å²) in [6.07, 6.45) is 0. The Labute approximate surface area is 114 Å². The first kappa shape index (κ1) is 13.4. The van der Waals surface area contributed by atoms with Crippen molar-refractivity contribution in [3.05, 3.63) is 57.3 Å². The minimum absolute atomic E-state index is 0.115. The highest BCUT2D eigenvalue weighted by molar-refractivity contribution is 5.95. The summed E-state index contributed by atoms with van der Waals surface area (Å²) in [5.41, 5.74) is 0.683. The van der Waals surface area contributed by atoms with Crippen LogP contribution >= 0.6 is 0 Å². The summed E-state index contributed by atoms with van der Waals surface area (Å²) in [6.45, 7) is 1.38. The summed E-state index contributed by atoms with van der Waals surface area (Å²) in [7, 11) is 0. The molecule has 0 radical (unpaired) electrons. The van der Waals surface area contributed by atoms with E-state index >= 15 is 0 Å². The van der Waals surface area contributed by atoms with Crippen LogP contribution < -0.4 is 0 Å². The van der Waals surface area contributed by atoms with Gasteiger partial charge >= 0.3 is 5.82 Å². The van der Waals surface area contributed by atoms with Crippen molar-refractivity contribution in [3.63, 3.8) is 0 Å². The van der Waals surface area contributed by atoms with Crippen LogP contribution in [0.2, 0.25) is 0 Å². The van der Waals surface area contributed by atoms with Gasteiger partial charge in [-0.2, -0.15) is 9.94 Å². The quantitative estimate of drug-likeness (QED) is 0.479. The maximum absolute atomic E-state index is 12.0. The Morgan fingerprint density at radius 3 is 2.60 bits per heavy atom. The molecular weight excluding hydrogens is 260 g/mol. The lowest BCUT2D eigenvalue weighted by molar-refractivity contribution is -0.390. The number of benzene rings is 1. The standard InChI is InChI=1S/C13H10N4O3/c1-9-11(7-14)13(17(19)20)15-16(9)8-12(18)10-5-3-2-4-6-10/h2-6H,8H2,1H3. The van der Waals surface area contributed by atoms with Crippen LogP contribution in [0.25, 0.3) is 0 Å². The van der Waals surface area contributed by atoms with Crippen molar-refractivity contribution in [2.24, 2.45) is 0 Å². The maximum atomic E-state index is 12.0. The third-order valence-corrected chi connectivity index (χ3v) is 2.86.